The van der Waals surface area contributed by atoms with Crippen molar-refractivity contribution < 1.29 is 4.79 Å². The lowest BCUT2D eigenvalue weighted by Gasteiger charge is -2.39. The molecule has 0 saturated carbocycles. The van der Waals surface area contributed by atoms with Crippen LogP contribution in [0.25, 0.3) is 0 Å². The Morgan fingerprint density at radius 2 is 2.05 bits per heavy atom. The van der Waals surface area contributed by atoms with E-state index in [9.17, 15) is 4.79 Å². The molecule has 2 saturated heterocycles. The average molecular weight is 302 g/mol. The second kappa shape index (κ2) is 6.75. The molecule has 0 N–H and O–H groups in total. The monoisotopic (exact) mass is 302 g/mol. The standard InChI is InChI=1S/C17H26N4O/c1-14-11-19(12-16-4-3-5-18-10-16)13-17(14)21-8-6-20(7-9-21)15(2)22/h3-5,10,14,17H,6-9,11-13H2,1-2H3/t14-,17-/m1/s1. The molecule has 0 bridgehead atoms. The van der Waals surface area contributed by atoms with Crippen molar-refractivity contribution >= 4 is 5.91 Å². The minimum Gasteiger partial charge on any atom is -0.340 e. The van der Waals surface area contributed by atoms with Gasteiger partial charge in [-0.25, -0.2) is 0 Å². The van der Waals surface area contributed by atoms with Crippen LogP contribution in [0.1, 0.15) is 19.4 Å². The number of piperazine rings is 1. The molecule has 1 aromatic rings. The molecular weight excluding hydrogens is 276 g/mol. The summed E-state index contributed by atoms with van der Waals surface area (Å²) >= 11 is 0. The third-order valence-corrected chi connectivity index (χ3v) is 5.01. The van der Waals surface area contributed by atoms with E-state index in [2.05, 4.69) is 27.8 Å². The summed E-state index contributed by atoms with van der Waals surface area (Å²) < 4.78 is 0. The van der Waals surface area contributed by atoms with Crippen LogP contribution in [0.2, 0.25) is 0 Å². The Kier molecular flexibility index (Phi) is 4.74. The smallest absolute Gasteiger partial charge is 0.219 e. The van der Waals surface area contributed by atoms with E-state index < -0.39 is 0 Å². The van der Waals surface area contributed by atoms with E-state index >= 15 is 0 Å². The summed E-state index contributed by atoms with van der Waals surface area (Å²) in [5.41, 5.74) is 1.29. The molecule has 2 aliphatic rings. The van der Waals surface area contributed by atoms with Gasteiger partial charge in [-0.1, -0.05) is 13.0 Å². The van der Waals surface area contributed by atoms with Crippen LogP contribution in [0, 0.1) is 5.92 Å². The Morgan fingerprint density at radius 3 is 2.68 bits per heavy atom. The molecule has 1 amide bonds. The Labute approximate surface area is 132 Å². The highest BCUT2D eigenvalue weighted by Crippen LogP contribution is 2.24. The first-order chi connectivity index (χ1) is 10.6. The number of carbonyl (C=O) groups is 1. The largest absolute Gasteiger partial charge is 0.340 e. The molecule has 2 aliphatic heterocycles. The van der Waals surface area contributed by atoms with Gasteiger partial charge >= 0.3 is 0 Å². The maximum Gasteiger partial charge on any atom is 0.219 e. The predicted octanol–water partition coefficient (Wildman–Crippen LogP) is 1.07. The third-order valence-electron chi connectivity index (χ3n) is 5.01. The lowest BCUT2D eigenvalue weighted by Crippen LogP contribution is -2.53. The van der Waals surface area contributed by atoms with E-state index in [-0.39, 0.29) is 5.91 Å². The SMILES string of the molecule is CC(=O)N1CCN([C@@H]2CN(Cc3cccnc3)C[C@H]2C)CC1. The number of likely N-dealkylation sites (tertiary alicyclic amines) is 1. The van der Waals surface area contributed by atoms with Gasteiger partial charge in [-0.3, -0.25) is 19.6 Å². The van der Waals surface area contributed by atoms with Crippen LogP contribution < -0.4 is 0 Å². The maximum atomic E-state index is 11.4. The molecule has 5 heteroatoms. The van der Waals surface area contributed by atoms with Crippen LogP contribution >= 0.6 is 0 Å². The van der Waals surface area contributed by atoms with Crippen LogP contribution in [0.15, 0.2) is 24.5 Å². The molecule has 3 rings (SSSR count). The van der Waals surface area contributed by atoms with E-state index in [0.29, 0.717) is 12.0 Å². The second-order valence-corrected chi connectivity index (χ2v) is 6.64. The van der Waals surface area contributed by atoms with Gasteiger partial charge in [0.05, 0.1) is 0 Å². The average Bonchev–Trinajstić information content (AvgIpc) is 2.89. The number of aromatic nitrogens is 1. The van der Waals surface area contributed by atoms with Crippen LogP contribution in [-0.2, 0) is 11.3 Å². The summed E-state index contributed by atoms with van der Waals surface area (Å²) in [4.78, 5) is 22.7. The second-order valence-electron chi connectivity index (χ2n) is 6.64. The van der Waals surface area contributed by atoms with Gasteiger partial charge in [0.25, 0.3) is 0 Å². The number of hydrogen-bond donors (Lipinski definition) is 0. The van der Waals surface area contributed by atoms with Gasteiger partial charge in [-0.2, -0.15) is 0 Å². The molecule has 120 valence electrons. The van der Waals surface area contributed by atoms with Crippen molar-refractivity contribution in [2.75, 3.05) is 39.3 Å². The van der Waals surface area contributed by atoms with Gasteiger partial charge in [-0.05, 0) is 17.5 Å². The number of amides is 1. The van der Waals surface area contributed by atoms with Crippen molar-refractivity contribution in [2.24, 2.45) is 5.92 Å². The van der Waals surface area contributed by atoms with Crippen molar-refractivity contribution in [2.45, 2.75) is 26.4 Å². The van der Waals surface area contributed by atoms with Crippen LogP contribution in [0.5, 0.6) is 0 Å². The molecule has 2 atom stereocenters. The summed E-state index contributed by atoms with van der Waals surface area (Å²) in [7, 11) is 0. The van der Waals surface area contributed by atoms with E-state index in [1.807, 2.05) is 23.4 Å². The fourth-order valence-corrected chi connectivity index (χ4v) is 3.77. The van der Waals surface area contributed by atoms with Crippen molar-refractivity contribution in [3.8, 4) is 0 Å². The van der Waals surface area contributed by atoms with Crippen molar-refractivity contribution in [1.82, 2.24) is 19.7 Å². The summed E-state index contributed by atoms with van der Waals surface area (Å²) in [5.74, 6) is 0.887. The number of rotatable bonds is 3. The first-order valence-corrected chi connectivity index (χ1v) is 8.24. The first-order valence-electron chi connectivity index (χ1n) is 8.24. The quantitative estimate of drug-likeness (QED) is 0.837. The van der Waals surface area contributed by atoms with Crippen LogP contribution in [0.3, 0.4) is 0 Å². The van der Waals surface area contributed by atoms with E-state index in [1.54, 1.807) is 6.92 Å². The topological polar surface area (TPSA) is 39.7 Å². The van der Waals surface area contributed by atoms with Gasteiger partial charge in [-0.15, -0.1) is 0 Å². The number of carbonyl (C=O) groups excluding carboxylic acids is 1. The maximum absolute atomic E-state index is 11.4. The highest BCUT2D eigenvalue weighted by Gasteiger charge is 2.35. The van der Waals surface area contributed by atoms with E-state index in [0.717, 1.165) is 45.8 Å². The zero-order valence-corrected chi connectivity index (χ0v) is 13.6. The number of hydrogen-bond acceptors (Lipinski definition) is 4. The minimum atomic E-state index is 0.206. The summed E-state index contributed by atoms with van der Waals surface area (Å²) in [5, 5.41) is 0. The first kappa shape index (κ1) is 15.4. The molecule has 22 heavy (non-hydrogen) atoms. The number of nitrogens with zero attached hydrogens (tertiary/aromatic N) is 4. The van der Waals surface area contributed by atoms with Crippen molar-refractivity contribution in [3.63, 3.8) is 0 Å². The zero-order valence-electron chi connectivity index (χ0n) is 13.6. The molecule has 3 heterocycles. The Hall–Kier alpha value is -1.46. The van der Waals surface area contributed by atoms with Crippen molar-refractivity contribution in [1.29, 1.82) is 0 Å². The predicted molar refractivity (Wildman–Crippen MR) is 86.3 cm³/mol. The van der Waals surface area contributed by atoms with Crippen molar-refractivity contribution in [3.05, 3.63) is 30.1 Å². The molecule has 5 nitrogen and oxygen atoms in total. The Morgan fingerprint density at radius 1 is 1.27 bits per heavy atom. The van der Waals surface area contributed by atoms with Gasteiger partial charge in [0, 0.05) is 71.2 Å². The number of pyridine rings is 1. The highest BCUT2D eigenvalue weighted by molar-refractivity contribution is 5.73. The fourth-order valence-electron chi connectivity index (χ4n) is 3.77. The fraction of sp³-hybridized carbons (Fsp3) is 0.647. The van der Waals surface area contributed by atoms with E-state index in [4.69, 9.17) is 0 Å². The molecule has 0 radical (unpaired) electrons. The zero-order chi connectivity index (χ0) is 15.5. The molecule has 0 unspecified atom stereocenters. The van der Waals surface area contributed by atoms with Crippen LogP contribution in [-0.4, -0.2) is 70.9 Å². The van der Waals surface area contributed by atoms with E-state index in [1.165, 1.54) is 5.56 Å². The molecule has 2 fully saturated rings. The molecule has 1 aromatic heterocycles. The Bertz CT molecular complexity index is 499. The minimum absolute atomic E-state index is 0.206. The third kappa shape index (κ3) is 3.47. The van der Waals surface area contributed by atoms with Crippen LogP contribution in [0.4, 0.5) is 0 Å². The summed E-state index contributed by atoms with van der Waals surface area (Å²) in [6.45, 7) is 11.0. The molecule has 0 aliphatic carbocycles. The van der Waals surface area contributed by atoms with Gasteiger partial charge in [0.2, 0.25) is 5.91 Å². The highest BCUT2D eigenvalue weighted by atomic mass is 16.2. The van der Waals surface area contributed by atoms with Gasteiger partial charge < -0.3 is 4.90 Å². The normalized spacial score (nSPS) is 27.3. The lowest BCUT2D eigenvalue weighted by atomic mass is 10.0. The van der Waals surface area contributed by atoms with Gasteiger partial charge in [0.1, 0.15) is 0 Å². The molecule has 0 spiro atoms. The Balaban J connectivity index is 1.54. The molecule has 0 aromatic carbocycles. The molecular formula is C17H26N4O. The lowest BCUT2D eigenvalue weighted by molar-refractivity contribution is -0.130. The summed E-state index contributed by atoms with van der Waals surface area (Å²) in [6.07, 6.45) is 3.79. The van der Waals surface area contributed by atoms with Gasteiger partial charge in [0.15, 0.2) is 0 Å². The summed E-state index contributed by atoms with van der Waals surface area (Å²) in [6, 6.07) is 4.77.